The van der Waals surface area contributed by atoms with E-state index >= 15 is 0 Å². The van der Waals surface area contributed by atoms with E-state index in [1.807, 2.05) is 26.8 Å². The van der Waals surface area contributed by atoms with Gasteiger partial charge >= 0.3 is 0 Å². The van der Waals surface area contributed by atoms with Gasteiger partial charge in [0.2, 0.25) is 17.6 Å². The molecule has 0 radical (unpaired) electrons. The highest BCUT2D eigenvalue weighted by molar-refractivity contribution is 6.27. The summed E-state index contributed by atoms with van der Waals surface area (Å²) in [6.07, 6.45) is 13.9. The summed E-state index contributed by atoms with van der Waals surface area (Å²) in [7, 11) is 1.52. The van der Waals surface area contributed by atoms with Crippen LogP contribution in [0.15, 0.2) is 96.3 Å². The van der Waals surface area contributed by atoms with Crippen molar-refractivity contribution in [3.05, 3.63) is 96.3 Å². The van der Waals surface area contributed by atoms with Crippen LogP contribution in [0.5, 0.6) is 0 Å². The predicted octanol–water partition coefficient (Wildman–Crippen LogP) is 2.20. The second-order valence-electron chi connectivity index (χ2n) is 15.2. The maximum Gasteiger partial charge on any atom is 0.242 e. The van der Waals surface area contributed by atoms with E-state index in [0.29, 0.717) is 0 Å². The van der Waals surface area contributed by atoms with Crippen molar-refractivity contribution in [3.8, 4) is 0 Å². The minimum Gasteiger partial charge on any atom is -0.390 e. The zero-order chi connectivity index (χ0) is 42.7. The lowest BCUT2D eigenvalue weighted by Gasteiger charge is -2.53. The van der Waals surface area contributed by atoms with Crippen molar-refractivity contribution >= 4 is 23.4 Å². The Labute approximate surface area is 335 Å². The second kappa shape index (κ2) is 21.0. The molecule has 314 valence electrons. The standard InChI is InChI=1S/C43H60N2O12/c1-9-11-13-21-31-42(6,7)38(50)39(51)43(54,57-31)28(10-2)40(52)44-23-17-16-19-26(4)36(55-8)27(5)37-35(49)34(48)30(56-37)20-15-12-14-18-25(3)33(47)32-29(46)22-24-45-41(32)53/h9,11-22,24,27-28,30-32,34-39,48-51,54H,10,23H2,1-8H3,(H,44,52)(H,45,53)/b11-9-,14-12+,17-16+,20-15+,21-13+,25-18+,26-19+/t27-,28-,30-,31+,32?,34+,35+,36-,37+,38+,39-,43-/m1/s1. The fourth-order valence-electron chi connectivity index (χ4n) is 7.23. The van der Waals surface area contributed by atoms with Crippen molar-refractivity contribution in [1.82, 2.24) is 10.6 Å². The van der Waals surface area contributed by atoms with Gasteiger partial charge in [0.05, 0.1) is 30.3 Å². The van der Waals surface area contributed by atoms with Crippen molar-refractivity contribution in [3.63, 3.8) is 0 Å². The van der Waals surface area contributed by atoms with Gasteiger partial charge < -0.3 is 50.4 Å². The van der Waals surface area contributed by atoms with Crippen LogP contribution in [-0.4, -0.2) is 117 Å². The summed E-state index contributed by atoms with van der Waals surface area (Å²) in [6, 6.07) is 0. The molecule has 0 saturated carbocycles. The zero-order valence-corrected chi connectivity index (χ0v) is 33.9. The fraction of sp³-hybridized carbons (Fsp3) is 0.535. The van der Waals surface area contributed by atoms with Crippen LogP contribution in [-0.2, 0) is 33.4 Å². The van der Waals surface area contributed by atoms with E-state index in [1.165, 1.54) is 26.3 Å². The van der Waals surface area contributed by atoms with Crippen molar-refractivity contribution in [1.29, 1.82) is 0 Å². The highest BCUT2D eigenvalue weighted by Crippen LogP contribution is 2.44. The van der Waals surface area contributed by atoms with Crippen LogP contribution in [0.4, 0.5) is 0 Å². The molecule has 1 unspecified atom stereocenters. The van der Waals surface area contributed by atoms with Crippen LogP contribution in [0, 0.1) is 23.2 Å². The van der Waals surface area contributed by atoms with Gasteiger partial charge in [-0.2, -0.15) is 0 Å². The number of aliphatic hydroxyl groups excluding tert-OH is 4. The summed E-state index contributed by atoms with van der Waals surface area (Å²) in [5.41, 5.74) is 0.0278. The Kier molecular flexibility index (Phi) is 17.5. The lowest BCUT2D eigenvalue weighted by atomic mass is 9.71. The van der Waals surface area contributed by atoms with E-state index in [9.17, 15) is 44.7 Å². The van der Waals surface area contributed by atoms with E-state index in [2.05, 4.69) is 10.6 Å². The van der Waals surface area contributed by atoms with Crippen LogP contribution in [0.1, 0.15) is 54.9 Å². The molecule has 2 saturated heterocycles. The van der Waals surface area contributed by atoms with E-state index in [1.54, 1.807) is 81.5 Å². The van der Waals surface area contributed by atoms with Gasteiger partial charge in [-0.1, -0.05) is 101 Å². The Morgan fingerprint density at radius 2 is 1.67 bits per heavy atom. The molecule has 0 spiro atoms. The maximum atomic E-state index is 13.3. The molecule has 14 heteroatoms. The molecular formula is C43H60N2O12. The quantitative estimate of drug-likeness (QED) is 0.0640. The number of carbonyl (C=O) groups is 4. The number of Topliss-reactive ketones (excluding diaryl/α,β-unsaturated/α-hetero) is 1. The third-order valence-electron chi connectivity index (χ3n) is 10.8. The Hall–Kier alpha value is -4.12. The summed E-state index contributed by atoms with van der Waals surface area (Å²) in [6.45, 7) is 12.2. The van der Waals surface area contributed by atoms with E-state index in [-0.39, 0.29) is 18.5 Å². The average molecular weight is 797 g/mol. The second-order valence-corrected chi connectivity index (χ2v) is 15.2. The van der Waals surface area contributed by atoms with Crippen LogP contribution >= 0.6 is 0 Å². The van der Waals surface area contributed by atoms with Gasteiger partial charge in [-0.3, -0.25) is 19.2 Å². The first-order valence-corrected chi connectivity index (χ1v) is 19.2. The Balaban J connectivity index is 1.59. The van der Waals surface area contributed by atoms with Crippen LogP contribution in [0.25, 0.3) is 0 Å². The van der Waals surface area contributed by atoms with Crippen molar-refractivity contribution in [2.24, 2.45) is 23.2 Å². The minimum atomic E-state index is -2.34. The van der Waals surface area contributed by atoms with Gasteiger partial charge in [-0.05, 0) is 44.4 Å². The number of methoxy groups -OCH3 is 1. The third-order valence-corrected chi connectivity index (χ3v) is 10.8. The number of aliphatic hydroxyl groups is 5. The summed E-state index contributed by atoms with van der Waals surface area (Å²) >= 11 is 0. The van der Waals surface area contributed by atoms with Crippen molar-refractivity contribution in [2.45, 2.75) is 110 Å². The van der Waals surface area contributed by atoms with Crippen LogP contribution in [0.3, 0.4) is 0 Å². The molecule has 3 heterocycles. The number of ether oxygens (including phenoxy) is 3. The highest BCUT2D eigenvalue weighted by atomic mass is 16.7. The minimum absolute atomic E-state index is 0.0802. The number of ketones is 2. The zero-order valence-electron chi connectivity index (χ0n) is 33.9. The highest BCUT2D eigenvalue weighted by Gasteiger charge is 2.60. The number of rotatable bonds is 17. The molecule has 0 aromatic heterocycles. The monoisotopic (exact) mass is 796 g/mol. The molecule has 0 aromatic rings. The molecule has 57 heavy (non-hydrogen) atoms. The van der Waals surface area contributed by atoms with Gasteiger partial charge in [0, 0.05) is 31.2 Å². The number of hydrogen-bond acceptors (Lipinski definition) is 12. The molecule has 0 bridgehead atoms. The Morgan fingerprint density at radius 1 is 0.982 bits per heavy atom. The van der Waals surface area contributed by atoms with Crippen LogP contribution in [0.2, 0.25) is 0 Å². The SMILES string of the molecule is C/C=C\C=C\[C@@H]1O[C@](O)([C@H](CC)C(=O)NC/C=C/C=C(\C)[C@@H](OC)[C@@H](C)[C@@H]2O[C@H](/C=C/C=C/C=C(\C)C(=O)C3C(=O)C=CNC3=O)[C@H](O)[C@@H]2O)[C@H](O)[C@H](O)C1(C)C. The molecule has 0 aliphatic carbocycles. The van der Waals surface area contributed by atoms with Gasteiger partial charge in [0.25, 0.3) is 0 Å². The molecule has 2 amide bonds. The Bertz CT molecular complexity index is 1690. The topological polar surface area (TPSA) is 221 Å². The predicted molar refractivity (Wildman–Crippen MR) is 213 cm³/mol. The average Bonchev–Trinajstić information content (AvgIpc) is 3.45. The first-order valence-electron chi connectivity index (χ1n) is 19.2. The number of nitrogens with one attached hydrogen (secondary N) is 2. The number of allylic oxidation sites excluding steroid dienone is 11. The van der Waals surface area contributed by atoms with E-state index < -0.39 is 101 Å². The van der Waals surface area contributed by atoms with Gasteiger partial charge in [-0.25, -0.2) is 0 Å². The molecule has 7 N–H and O–H groups in total. The van der Waals surface area contributed by atoms with E-state index in [4.69, 9.17) is 14.2 Å². The number of carbonyl (C=O) groups excluding carboxylic acids is 4. The van der Waals surface area contributed by atoms with Crippen LogP contribution < -0.4 is 10.6 Å². The summed E-state index contributed by atoms with van der Waals surface area (Å²) < 4.78 is 17.8. The lowest BCUT2D eigenvalue weighted by Crippen LogP contribution is -2.69. The molecule has 3 rings (SSSR count). The molecule has 3 aliphatic rings. The molecule has 3 aliphatic heterocycles. The maximum absolute atomic E-state index is 13.3. The summed E-state index contributed by atoms with van der Waals surface area (Å²) in [4.78, 5) is 49.9. The molecule has 2 fully saturated rings. The number of amides is 2. The lowest BCUT2D eigenvalue weighted by molar-refractivity contribution is -0.359. The molecule has 14 nitrogen and oxygen atoms in total. The molecule has 12 atom stereocenters. The smallest absolute Gasteiger partial charge is 0.242 e. The third kappa shape index (κ3) is 11.1. The fourth-order valence-corrected chi connectivity index (χ4v) is 7.23. The summed E-state index contributed by atoms with van der Waals surface area (Å²) in [5.74, 6) is -7.79. The first-order chi connectivity index (χ1) is 26.9. The largest absolute Gasteiger partial charge is 0.390 e. The van der Waals surface area contributed by atoms with Gasteiger partial charge in [-0.15, -0.1) is 0 Å². The van der Waals surface area contributed by atoms with Gasteiger partial charge in [0.1, 0.15) is 24.4 Å². The summed E-state index contributed by atoms with van der Waals surface area (Å²) in [5, 5.41) is 60.2. The first kappa shape index (κ1) is 47.3. The Morgan fingerprint density at radius 3 is 2.30 bits per heavy atom. The number of hydrogen-bond donors (Lipinski definition) is 7. The van der Waals surface area contributed by atoms with Crippen molar-refractivity contribution in [2.75, 3.05) is 13.7 Å². The normalized spacial score (nSPS) is 32.9. The molecule has 0 aromatic carbocycles. The molecular weight excluding hydrogens is 736 g/mol. The van der Waals surface area contributed by atoms with Gasteiger partial charge in [0.15, 0.2) is 17.5 Å². The van der Waals surface area contributed by atoms with E-state index in [0.717, 1.165) is 11.6 Å². The van der Waals surface area contributed by atoms with Crippen molar-refractivity contribution < 1.29 is 58.9 Å².